The molecule has 0 aliphatic carbocycles. The van der Waals surface area contributed by atoms with Crippen molar-refractivity contribution >= 4 is 23.4 Å². The zero-order valence-corrected chi connectivity index (χ0v) is 19.4. The Balaban J connectivity index is 1.49. The van der Waals surface area contributed by atoms with Gasteiger partial charge in [-0.1, -0.05) is 17.7 Å². The van der Waals surface area contributed by atoms with E-state index in [1.807, 2.05) is 24.1 Å². The Morgan fingerprint density at radius 2 is 1.94 bits per heavy atom. The molecule has 32 heavy (non-hydrogen) atoms. The molecule has 8 nitrogen and oxygen atoms in total. The van der Waals surface area contributed by atoms with Crippen molar-refractivity contribution in [3.05, 3.63) is 29.3 Å². The smallest absolute Gasteiger partial charge is 0.227 e. The van der Waals surface area contributed by atoms with Crippen molar-refractivity contribution in [2.75, 3.05) is 72.7 Å². The second-order valence-electron chi connectivity index (χ2n) is 8.96. The van der Waals surface area contributed by atoms with E-state index in [9.17, 15) is 9.59 Å². The highest BCUT2D eigenvalue weighted by Gasteiger charge is 2.44. The minimum Gasteiger partial charge on any atom is -0.490 e. The van der Waals surface area contributed by atoms with Crippen molar-refractivity contribution in [3.63, 3.8) is 0 Å². The molecule has 2 atom stereocenters. The molecule has 1 aromatic rings. The van der Waals surface area contributed by atoms with E-state index in [1.54, 1.807) is 17.0 Å². The van der Waals surface area contributed by atoms with Gasteiger partial charge in [0.15, 0.2) is 0 Å². The molecular weight excluding hydrogens is 434 g/mol. The van der Waals surface area contributed by atoms with Crippen LogP contribution in [0.2, 0.25) is 5.02 Å². The molecule has 0 aromatic heterocycles. The maximum absolute atomic E-state index is 13.2. The molecule has 3 fully saturated rings. The van der Waals surface area contributed by atoms with Gasteiger partial charge in [-0.25, -0.2) is 0 Å². The van der Waals surface area contributed by atoms with Crippen LogP contribution in [0.25, 0.3) is 0 Å². The highest BCUT2D eigenvalue weighted by Crippen LogP contribution is 2.28. The van der Waals surface area contributed by atoms with Gasteiger partial charge in [-0.05, 0) is 38.2 Å². The van der Waals surface area contributed by atoms with Crippen LogP contribution in [0.15, 0.2) is 24.3 Å². The molecule has 4 rings (SSSR count). The van der Waals surface area contributed by atoms with Crippen molar-refractivity contribution in [1.82, 2.24) is 14.7 Å². The topological polar surface area (TPSA) is 71.6 Å². The number of carbonyl (C=O) groups is 2. The van der Waals surface area contributed by atoms with E-state index >= 15 is 0 Å². The maximum atomic E-state index is 13.2. The quantitative estimate of drug-likeness (QED) is 0.634. The highest BCUT2D eigenvalue weighted by atomic mass is 35.5. The lowest BCUT2D eigenvalue weighted by Gasteiger charge is -2.43. The van der Waals surface area contributed by atoms with E-state index in [0.29, 0.717) is 56.8 Å². The van der Waals surface area contributed by atoms with E-state index in [4.69, 9.17) is 25.8 Å². The summed E-state index contributed by atoms with van der Waals surface area (Å²) in [5, 5.41) is 0.577. The first-order chi connectivity index (χ1) is 15.4. The van der Waals surface area contributed by atoms with Gasteiger partial charge >= 0.3 is 0 Å². The fourth-order valence-electron chi connectivity index (χ4n) is 4.64. The number of hydrogen-bond donors (Lipinski definition) is 0. The van der Waals surface area contributed by atoms with Gasteiger partial charge in [0, 0.05) is 31.2 Å². The van der Waals surface area contributed by atoms with Gasteiger partial charge in [-0.2, -0.15) is 0 Å². The van der Waals surface area contributed by atoms with Crippen molar-refractivity contribution in [2.24, 2.45) is 5.92 Å². The SMILES string of the molecule is CN1CC[C@H](C(=O)N2CCO[C@](COc3cccc(Cl)c3)(CC(=O)N3CCOCC3)C2)C1. The van der Waals surface area contributed by atoms with Gasteiger partial charge in [0.05, 0.1) is 38.7 Å². The Hall–Kier alpha value is -1.87. The number of likely N-dealkylation sites (tertiary alicyclic amines) is 1. The van der Waals surface area contributed by atoms with Crippen LogP contribution in [0, 0.1) is 5.92 Å². The first-order valence-corrected chi connectivity index (χ1v) is 11.7. The van der Waals surface area contributed by atoms with E-state index in [0.717, 1.165) is 19.5 Å². The third-order valence-electron chi connectivity index (χ3n) is 6.44. The summed E-state index contributed by atoms with van der Waals surface area (Å²) in [5.74, 6) is 0.751. The molecule has 0 bridgehead atoms. The molecule has 0 N–H and O–H groups in total. The summed E-state index contributed by atoms with van der Waals surface area (Å²) in [5.41, 5.74) is -0.907. The van der Waals surface area contributed by atoms with Crippen LogP contribution in [-0.2, 0) is 19.1 Å². The number of benzene rings is 1. The van der Waals surface area contributed by atoms with Crippen molar-refractivity contribution < 1.29 is 23.8 Å². The number of nitrogens with zero attached hydrogens (tertiary/aromatic N) is 3. The molecule has 1 aromatic carbocycles. The number of halogens is 1. The lowest BCUT2D eigenvalue weighted by Crippen LogP contribution is -2.59. The minimum atomic E-state index is -0.907. The Morgan fingerprint density at radius 1 is 1.16 bits per heavy atom. The van der Waals surface area contributed by atoms with Gasteiger partial charge in [-0.3, -0.25) is 9.59 Å². The Kier molecular flexibility index (Phi) is 7.55. The Morgan fingerprint density at radius 3 is 2.66 bits per heavy atom. The summed E-state index contributed by atoms with van der Waals surface area (Å²) < 4.78 is 17.6. The summed E-state index contributed by atoms with van der Waals surface area (Å²) in [4.78, 5) is 32.2. The van der Waals surface area contributed by atoms with E-state index < -0.39 is 5.60 Å². The van der Waals surface area contributed by atoms with Crippen LogP contribution in [0.3, 0.4) is 0 Å². The summed E-state index contributed by atoms with van der Waals surface area (Å²) in [6, 6.07) is 7.16. The van der Waals surface area contributed by atoms with Gasteiger partial charge in [-0.15, -0.1) is 0 Å². The third kappa shape index (κ3) is 5.73. The molecule has 3 aliphatic rings. The molecule has 2 amide bonds. The summed E-state index contributed by atoms with van der Waals surface area (Å²) in [7, 11) is 2.04. The summed E-state index contributed by atoms with van der Waals surface area (Å²) in [6.45, 7) is 5.33. The average Bonchev–Trinajstić information content (AvgIpc) is 3.24. The first-order valence-electron chi connectivity index (χ1n) is 11.3. The Labute approximate surface area is 194 Å². The molecule has 3 saturated heterocycles. The second-order valence-corrected chi connectivity index (χ2v) is 9.39. The fraction of sp³-hybridized carbons (Fsp3) is 0.652. The first kappa shape index (κ1) is 23.3. The number of hydrogen-bond acceptors (Lipinski definition) is 6. The van der Waals surface area contributed by atoms with Crippen LogP contribution >= 0.6 is 11.6 Å². The summed E-state index contributed by atoms with van der Waals surface area (Å²) in [6.07, 6.45) is 1.02. The average molecular weight is 466 g/mol. The zero-order chi connectivity index (χ0) is 22.6. The Bertz CT molecular complexity index is 819. The predicted octanol–water partition coefficient (Wildman–Crippen LogP) is 1.52. The minimum absolute atomic E-state index is 0.000377. The molecule has 0 saturated carbocycles. The molecule has 9 heteroatoms. The molecule has 176 valence electrons. The van der Waals surface area contributed by atoms with E-state index in [-0.39, 0.29) is 30.8 Å². The largest absolute Gasteiger partial charge is 0.490 e. The summed E-state index contributed by atoms with van der Waals surface area (Å²) >= 11 is 6.10. The van der Waals surface area contributed by atoms with Crippen LogP contribution in [0.1, 0.15) is 12.8 Å². The zero-order valence-electron chi connectivity index (χ0n) is 18.6. The molecule has 0 unspecified atom stereocenters. The predicted molar refractivity (Wildman–Crippen MR) is 120 cm³/mol. The van der Waals surface area contributed by atoms with Crippen LogP contribution in [0.4, 0.5) is 0 Å². The number of rotatable bonds is 6. The normalized spacial score (nSPS) is 26.9. The lowest BCUT2D eigenvalue weighted by atomic mass is 9.95. The van der Waals surface area contributed by atoms with Gasteiger partial charge in [0.1, 0.15) is 18.0 Å². The number of morpholine rings is 2. The molecule has 3 aliphatic heterocycles. The number of amides is 2. The number of carbonyl (C=O) groups excluding carboxylic acids is 2. The van der Waals surface area contributed by atoms with Gasteiger partial charge in [0.25, 0.3) is 0 Å². The van der Waals surface area contributed by atoms with E-state index in [1.165, 1.54) is 0 Å². The van der Waals surface area contributed by atoms with Crippen LogP contribution < -0.4 is 4.74 Å². The molecule has 0 spiro atoms. The standard InChI is InChI=1S/C23H32ClN3O5/c1-25-6-5-18(15-25)22(29)27-9-12-32-23(16-27,14-21(28)26-7-10-30-11-8-26)17-31-20-4-2-3-19(24)13-20/h2-4,13,18H,5-12,14-17H2,1H3/t18-,23+/m0/s1. The van der Waals surface area contributed by atoms with Crippen LogP contribution in [0.5, 0.6) is 5.75 Å². The van der Waals surface area contributed by atoms with Crippen molar-refractivity contribution in [3.8, 4) is 5.75 Å². The maximum Gasteiger partial charge on any atom is 0.227 e. The molecule has 0 radical (unpaired) electrons. The third-order valence-corrected chi connectivity index (χ3v) is 6.67. The van der Waals surface area contributed by atoms with Crippen molar-refractivity contribution in [2.45, 2.75) is 18.4 Å². The van der Waals surface area contributed by atoms with Gasteiger partial charge in [0.2, 0.25) is 11.8 Å². The molecular formula is C23H32ClN3O5. The highest BCUT2D eigenvalue weighted by molar-refractivity contribution is 6.30. The van der Waals surface area contributed by atoms with Crippen LogP contribution in [-0.4, -0.2) is 105 Å². The lowest BCUT2D eigenvalue weighted by molar-refractivity contribution is -0.169. The van der Waals surface area contributed by atoms with E-state index in [2.05, 4.69) is 4.90 Å². The fourth-order valence-corrected chi connectivity index (χ4v) is 4.83. The monoisotopic (exact) mass is 465 g/mol. The molecule has 3 heterocycles. The second kappa shape index (κ2) is 10.4. The van der Waals surface area contributed by atoms with Gasteiger partial charge < -0.3 is 28.9 Å². The van der Waals surface area contributed by atoms with Crippen molar-refractivity contribution in [1.29, 1.82) is 0 Å². The number of ether oxygens (including phenoxy) is 3.